The van der Waals surface area contributed by atoms with Crippen LogP contribution in [-0.2, 0) is 21.3 Å². The highest BCUT2D eigenvalue weighted by molar-refractivity contribution is 7.89. The van der Waals surface area contributed by atoms with Gasteiger partial charge in [0.05, 0.1) is 29.1 Å². The molecule has 0 fully saturated rings. The van der Waals surface area contributed by atoms with Crippen molar-refractivity contribution in [2.24, 2.45) is 5.14 Å². The number of nitrogen functional groups attached to an aromatic ring is 1. The number of anilines is 1. The van der Waals surface area contributed by atoms with Crippen LogP contribution in [0.15, 0.2) is 53.4 Å². The fraction of sp³-hybridized carbons (Fsp3) is 0.150. The monoisotopic (exact) mass is 425 g/mol. The standard InChI is InChI=1S/C20H19N5O4S/c1-2-29-20(26)16-17-19(24-15-6-4-3-5-14(15)23-17)25(18(16)21)11-12-7-9-13(10-8-12)30(22,27)28/h3-10H,2,11,21H2,1H3,(H2,22,27,28). The van der Waals surface area contributed by atoms with Crippen LogP contribution in [0.3, 0.4) is 0 Å². The molecule has 0 aliphatic carbocycles. The molecular formula is C20H19N5O4S. The number of hydrogen-bond donors (Lipinski definition) is 2. The van der Waals surface area contributed by atoms with Gasteiger partial charge < -0.3 is 15.0 Å². The average Bonchev–Trinajstić information content (AvgIpc) is 2.97. The molecule has 0 spiro atoms. The minimum atomic E-state index is -3.79. The van der Waals surface area contributed by atoms with Crippen molar-refractivity contribution in [2.75, 3.05) is 12.3 Å². The van der Waals surface area contributed by atoms with Crippen molar-refractivity contribution in [2.45, 2.75) is 18.4 Å². The predicted octanol–water partition coefficient (Wildman–Crippen LogP) is 2.04. The molecule has 4 rings (SSSR count). The Hall–Kier alpha value is -3.50. The third-order valence-electron chi connectivity index (χ3n) is 4.66. The van der Waals surface area contributed by atoms with Gasteiger partial charge in [-0.1, -0.05) is 24.3 Å². The summed E-state index contributed by atoms with van der Waals surface area (Å²) < 4.78 is 29.8. The zero-order chi connectivity index (χ0) is 21.5. The highest BCUT2D eigenvalue weighted by Gasteiger charge is 2.25. The van der Waals surface area contributed by atoms with Crippen LogP contribution in [0.4, 0.5) is 5.82 Å². The van der Waals surface area contributed by atoms with Gasteiger partial charge in [-0.15, -0.1) is 0 Å². The molecule has 0 unspecified atom stereocenters. The largest absolute Gasteiger partial charge is 0.462 e. The molecule has 2 heterocycles. The van der Waals surface area contributed by atoms with Crippen LogP contribution in [0.25, 0.3) is 22.2 Å². The first kappa shape index (κ1) is 19.8. The van der Waals surface area contributed by atoms with Gasteiger partial charge in [-0.2, -0.15) is 0 Å². The van der Waals surface area contributed by atoms with E-state index in [4.69, 9.17) is 15.6 Å². The lowest BCUT2D eigenvalue weighted by molar-refractivity contribution is 0.0529. The number of sulfonamides is 1. The molecule has 10 heteroatoms. The van der Waals surface area contributed by atoms with Crippen molar-refractivity contribution in [1.82, 2.24) is 14.5 Å². The Balaban J connectivity index is 1.89. The first-order valence-electron chi connectivity index (χ1n) is 9.13. The summed E-state index contributed by atoms with van der Waals surface area (Å²) in [5.41, 5.74) is 9.30. The van der Waals surface area contributed by atoms with Gasteiger partial charge in [0, 0.05) is 0 Å². The van der Waals surface area contributed by atoms with E-state index in [2.05, 4.69) is 9.97 Å². The Kier molecular flexibility index (Phi) is 4.88. The second-order valence-corrected chi connectivity index (χ2v) is 8.20. The van der Waals surface area contributed by atoms with Crippen LogP contribution >= 0.6 is 0 Å². The van der Waals surface area contributed by atoms with Crippen molar-refractivity contribution in [3.63, 3.8) is 0 Å². The van der Waals surface area contributed by atoms with Crippen LogP contribution in [0.1, 0.15) is 22.8 Å². The summed E-state index contributed by atoms with van der Waals surface area (Å²) in [4.78, 5) is 21.8. The van der Waals surface area contributed by atoms with Gasteiger partial charge in [0.1, 0.15) is 16.9 Å². The van der Waals surface area contributed by atoms with Gasteiger partial charge in [0.15, 0.2) is 5.65 Å². The van der Waals surface area contributed by atoms with E-state index in [1.807, 2.05) is 18.2 Å². The fourth-order valence-corrected chi connectivity index (χ4v) is 3.76. The SMILES string of the molecule is CCOC(=O)c1c(N)n(Cc2ccc(S(N)(=O)=O)cc2)c2nc3ccccc3nc12. The first-order chi connectivity index (χ1) is 14.3. The summed E-state index contributed by atoms with van der Waals surface area (Å²) in [6.07, 6.45) is 0. The Morgan fingerprint density at radius 1 is 1.07 bits per heavy atom. The number of aromatic nitrogens is 3. The average molecular weight is 425 g/mol. The summed E-state index contributed by atoms with van der Waals surface area (Å²) in [5, 5.41) is 5.15. The molecule has 2 aromatic heterocycles. The second kappa shape index (κ2) is 7.39. The number of ether oxygens (including phenoxy) is 1. The second-order valence-electron chi connectivity index (χ2n) is 6.64. The molecule has 154 valence electrons. The maximum atomic E-state index is 12.6. The molecule has 0 radical (unpaired) electrons. The third kappa shape index (κ3) is 3.46. The molecule has 0 aliphatic heterocycles. The molecule has 30 heavy (non-hydrogen) atoms. The minimum Gasteiger partial charge on any atom is -0.462 e. The van der Waals surface area contributed by atoms with Crippen molar-refractivity contribution >= 4 is 44.0 Å². The third-order valence-corrected chi connectivity index (χ3v) is 5.59. The van der Waals surface area contributed by atoms with Crippen LogP contribution in [0, 0.1) is 0 Å². The Bertz CT molecular complexity index is 1380. The molecule has 0 bridgehead atoms. The Labute approximate surface area is 172 Å². The number of nitrogens with two attached hydrogens (primary N) is 2. The highest BCUT2D eigenvalue weighted by Crippen LogP contribution is 2.29. The van der Waals surface area contributed by atoms with Crippen molar-refractivity contribution in [3.05, 3.63) is 59.7 Å². The number of nitrogens with zero attached hydrogens (tertiary/aromatic N) is 3. The quantitative estimate of drug-likeness (QED) is 0.466. The highest BCUT2D eigenvalue weighted by atomic mass is 32.2. The van der Waals surface area contributed by atoms with E-state index >= 15 is 0 Å². The van der Waals surface area contributed by atoms with Crippen LogP contribution in [0.5, 0.6) is 0 Å². The number of para-hydroxylation sites is 2. The van der Waals surface area contributed by atoms with Gasteiger partial charge in [-0.3, -0.25) is 0 Å². The summed E-state index contributed by atoms with van der Waals surface area (Å²) in [5.74, 6) is -0.401. The predicted molar refractivity (Wildman–Crippen MR) is 112 cm³/mol. The van der Waals surface area contributed by atoms with E-state index in [-0.39, 0.29) is 29.4 Å². The van der Waals surface area contributed by atoms with Gasteiger partial charge >= 0.3 is 5.97 Å². The Morgan fingerprint density at radius 2 is 1.70 bits per heavy atom. The van der Waals surface area contributed by atoms with E-state index in [0.717, 1.165) is 5.56 Å². The molecule has 0 aliphatic rings. The number of fused-ring (bicyclic) bond motifs is 2. The van der Waals surface area contributed by atoms with E-state index in [0.29, 0.717) is 22.2 Å². The van der Waals surface area contributed by atoms with E-state index < -0.39 is 16.0 Å². The maximum absolute atomic E-state index is 12.6. The molecular weight excluding hydrogens is 406 g/mol. The zero-order valence-corrected chi connectivity index (χ0v) is 16.9. The lowest BCUT2D eigenvalue weighted by Crippen LogP contribution is -2.12. The molecule has 0 saturated carbocycles. The van der Waals surface area contributed by atoms with Gasteiger partial charge in [0.25, 0.3) is 0 Å². The van der Waals surface area contributed by atoms with Crippen molar-refractivity contribution in [1.29, 1.82) is 0 Å². The summed E-state index contributed by atoms with van der Waals surface area (Å²) in [6, 6.07) is 13.4. The van der Waals surface area contributed by atoms with Crippen molar-refractivity contribution < 1.29 is 17.9 Å². The number of hydrogen-bond acceptors (Lipinski definition) is 7. The molecule has 0 amide bonds. The summed E-state index contributed by atoms with van der Waals surface area (Å²) >= 11 is 0. The normalized spacial score (nSPS) is 11.8. The minimum absolute atomic E-state index is 0.00887. The molecule has 4 aromatic rings. The van der Waals surface area contributed by atoms with E-state index in [1.54, 1.807) is 29.7 Å². The van der Waals surface area contributed by atoms with Crippen LogP contribution in [0.2, 0.25) is 0 Å². The van der Waals surface area contributed by atoms with Crippen LogP contribution < -0.4 is 10.9 Å². The molecule has 2 aromatic carbocycles. The number of carbonyl (C=O) groups is 1. The van der Waals surface area contributed by atoms with Crippen molar-refractivity contribution in [3.8, 4) is 0 Å². The number of esters is 1. The van der Waals surface area contributed by atoms with E-state index in [1.165, 1.54) is 12.1 Å². The number of primary sulfonamides is 1. The van der Waals surface area contributed by atoms with Gasteiger partial charge in [-0.05, 0) is 36.8 Å². The maximum Gasteiger partial charge on any atom is 0.344 e. The molecule has 9 nitrogen and oxygen atoms in total. The molecule has 4 N–H and O–H groups in total. The number of rotatable bonds is 5. The lowest BCUT2D eigenvalue weighted by Gasteiger charge is -2.09. The number of benzene rings is 2. The summed E-state index contributed by atoms with van der Waals surface area (Å²) in [7, 11) is -3.79. The lowest BCUT2D eigenvalue weighted by atomic mass is 10.2. The Morgan fingerprint density at radius 3 is 2.30 bits per heavy atom. The van der Waals surface area contributed by atoms with E-state index in [9.17, 15) is 13.2 Å². The molecule has 0 saturated heterocycles. The smallest absolute Gasteiger partial charge is 0.344 e. The first-order valence-corrected chi connectivity index (χ1v) is 10.7. The topological polar surface area (TPSA) is 143 Å². The molecule has 0 atom stereocenters. The summed E-state index contributed by atoms with van der Waals surface area (Å²) in [6.45, 7) is 2.15. The zero-order valence-electron chi connectivity index (χ0n) is 16.1. The van der Waals surface area contributed by atoms with Gasteiger partial charge in [0.2, 0.25) is 10.0 Å². The fourth-order valence-electron chi connectivity index (χ4n) is 3.25. The number of carbonyl (C=O) groups excluding carboxylic acids is 1. The van der Waals surface area contributed by atoms with Crippen LogP contribution in [-0.4, -0.2) is 35.5 Å². The van der Waals surface area contributed by atoms with Gasteiger partial charge in [-0.25, -0.2) is 28.3 Å².